The monoisotopic (exact) mass is 512 g/mol. The third-order valence-electron chi connectivity index (χ3n) is 6.15. The molecule has 200 valence electrons. The summed E-state index contributed by atoms with van der Waals surface area (Å²) in [4.78, 5) is 30.0. The molecule has 0 bridgehead atoms. The molecule has 1 aliphatic heterocycles. The van der Waals surface area contributed by atoms with Crippen LogP contribution in [0, 0.1) is 0 Å². The van der Waals surface area contributed by atoms with Crippen LogP contribution in [0.4, 0.5) is 0 Å². The quantitative estimate of drug-likeness (QED) is 0.260. The minimum Gasteiger partial charge on any atom is -0.507 e. The summed E-state index contributed by atoms with van der Waals surface area (Å²) in [6, 6.07) is 9.36. The lowest BCUT2D eigenvalue weighted by Gasteiger charge is -2.27. The molecular formula is C28H36N2O7. The molecule has 0 aromatic heterocycles. The molecule has 3 rings (SSSR count). The molecule has 1 fully saturated rings. The molecule has 2 aromatic carbocycles. The molecule has 0 aliphatic carbocycles. The fourth-order valence-electron chi connectivity index (χ4n) is 4.36. The SMILES string of the molecule is CCCOc1ccc(/C(O)=C2\C(=O)C(=O)N(CCCN(C)C)[C@H]2c2cc(OC)c(OC)c(OC)c2)cc1. The van der Waals surface area contributed by atoms with Gasteiger partial charge in [0.1, 0.15) is 11.5 Å². The van der Waals surface area contributed by atoms with Gasteiger partial charge in [0.05, 0.1) is 39.6 Å². The number of methoxy groups -OCH3 is 3. The summed E-state index contributed by atoms with van der Waals surface area (Å²) >= 11 is 0. The molecule has 1 aliphatic rings. The topological polar surface area (TPSA) is 97.8 Å². The highest BCUT2D eigenvalue weighted by Gasteiger charge is 2.46. The molecule has 1 amide bonds. The summed E-state index contributed by atoms with van der Waals surface area (Å²) in [5.41, 5.74) is 0.974. The van der Waals surface area contributed by atoms with Crippen LogP contribution < -0.4 is 18.9 Å². The van der Waals surface area contributed by atoms with Crippen LogP contribution in [0.5, 0.6) is 23.0 Å². The molecule has 0 saturated carbocycles. The number of carbonyl (C=O) groups is 2. The number of carbonyl (C=O) groups excluding carboxylic acids is 2. The number of benzene rings is 2. The Kier molecular flexibility index (Phi) is 9.41. The lowest BCUT2D eigenvalue weighted by Crippen LogP contribution is -2.32. The number of ether oxygens (including phenoxy) is 4. The number of aliphatic hydroxyl groups excluding tert-OH is 1. The highest BCUT2D eigenvalue weighted by atomic mass is 16.5. The number of aliphatic hydroxyl groups is 1. The number of rotatable bonds is 12. The number of hydrogen-bond donors (Lipinski definition) is 1. The Balaban J connectivity index is 2.15. The zero-order valence-electron chi connectivity index (χ0n) is 22.4. The molecule has 9 heteroatoms. The minimum atomic E-state index is -0.841. The van der Waals surface area contributed by atoms with Crippen molar-refractivity contribution in [1.82, 2.24) is 9.80 Å². The summed E-state index contributed by atoms with van der Waals surface area (Å²) in [6.45, 7) is 3.64. The maximum Gasteiger partial charge on any atom is 0.295 e. The first-order valence-electron chi connectivity index (χ1n) is 12.2. The zero-order chi connectivity index (χ0) is 27.1. The van der Waals surface area contributed by atoms with Crippen molar-refractivity contribution in [3.05, 3.63) is 53.1 Å². The Bertz CT molecular complexity index is 1120. The fraction of sp³-hybridized carbons (Fsp3) is 0.429. The molecule has 1 atom stereocenters. The summed E-state index contributed by atoms with van der Waals surface area (Å²) in [6.07, 6.45) is 1.51. The number of nitrogens with zero attached hydrogens (tertiary/aromatic N) is 2. The van der Waals surface area contributed by atoms with Gasteiger partial charge in [0.2, 0.25) is 5.75 Å². The number of amides is 1. The largest absolute Gasteiger partial charge is 0.507 e. The molecule has 0 spiro atoms. The van der Waals surface area contributed by atoms with Crippen molar-refractivity contribution >= 4 is 17.4 Å². The third kappa shape index (κ3) is 5.99. The average molecular weight is 513 g/mol. The van der Waals surface area contributed by atoms with Crippen LogP contribution in [-0.2, 0) is 9.59 Å². The summed E-state index contributed by atoms with van der Waals surface area (Å²) in [7, 11) is 8.38. The van der Waals surface area contributed by atoms with Crippen LogP contribution in [0.25, 0.3) is 5.76 Å². The first kappa shape index (κ1) is 27.9. The molecule has 0 radical (unpaired) electrons. The second-order valence-corrected chi connectivity index (χ2v) is 8.98. The van der Waals surface area contributed by atoms with E-state index in [4.69, 9.17) is 18.9 Å². The van der Waals surface area contributed by atoms with Crippen molar-refractivity contribution in [2.24, 2.45) is 0 Å². The zero-order valence-corrected chi connectivity index (χ0v) is 22.4. The van der Waals surface area contributed by atoms with E-state index in [-0.39, 0.29) is 11.3 Å². The van der Waals surface area contributed by atoms with Gasteiger partial charge in [-0.25, -0.2) is 0 Å². The molecule has 1 saturated heterocycles. The average Bonchev–Trinajstić information content (AvgIpc) is 3.15. The second kappa shape index (κ2) is 12.5. The standard InChI is InChI=1S/C28H36N2O7/c1-7-15-37-20-11-9-18(10-12-20)25(31)23-24(30(28(33)26(23)32)14-8-13-29(2)3)19-16-21(34-4)27(36-6)22(17-19)35-5/h9-12,16-17,24,31H,7-8,13-15H2,1-6H3/b25-23+/t24-/m0/s1. The Morgan fingerprint density at radius 3 is 2.14 bits per heavy atom. The minimum absolute atomic E-state index is 0.00588. The van der Waals surface area contributed by atoms with Crippen LogP contribution in [0.15, 0.2) is 42.0 Å². The van der Waals surface area contributed by atoms with Gasteiger partial charge in [0, 0.05) is 12.1 Å². The smallest absolute Gasteiger partial charge is 0.295 e. The second-order valence-electron chi connectivity index (χ2n) is 8.98. The molecule has 0 unspecified atom stereocenters. The van der Waals surface area contributed by atoms with Gasteiger partial charge in [-0.1, -0.05) is 6.92 Å². The molecule has 37 heavy (non-hydrogen) atoms. The van der Waals surface area contributed by atoms with E-state index in [1.165, 1.54) is 26.2 Å². The number of likely N-dealkylation sites (tertiary alicyclic amines) is 1. The number of ketones is 1. The van der Waals surface area contributed by atoms with Gasteiger partial charge in [0.25, 0.3) is 11.7 Å². The van der Waals surface area contributed by atoms with Crippen LogP contribution in [-0.4, -0.2) is 81.7 Å². The first-order chi connectivity index (χ1) is 17.8. The predicted molar refractivity (Wildman–Crippen MR) is 141 cm³/mol. The molecule has 1 N–H and O–H groups in total. The van der Waals surface area contributed by atoms with Crippen molar-refractivity contribution in [2.75, 3.05) is 55.1 Å². The van der Waals surface area contributed by atoms with Gasteiger partial charge < -0.3 is 33.9 Å². The van der Waals surface area contributed by atoms with Crippen molar-refractivity contribution in [1.29, 1.82) is 0 Å². The molecule has 2 aromatic rings. The van der Waals surface area contributed by atoms with E-state index >= 15 is 0 Å². The van der Waals surface area contributed by atoms with E-state index in [1.807, 2.05) is 25.9 Å². The summed E-state index contributed by atoms with van der Waals surface area (Å²) in [5, 5.41) is 11.3. The Labute approximate surface area is 218 Å². The number of Topliss-reactive ketones (excluding diaryl/α,β-unsaturated/α-hetero) is 1. The van der Waals surface area contributed by atoms with Gasteiger partial charge in [-0.3, -0.25) is 9.59 Å². The van der Waals surface area contributed by atoms with Crippen LogP contribution >= 0.6 is 0 Å². The predicted octanol–water partition coefficient (Wildman–Crippen LogP) is 3.87. The number of hydrogen-bond acceptors (Lipinski definition) is 8. The van der Waals surface area contributed by atoms with Gasteiger partial charge in [-0.15, -0.1) is 0 Å². The third-order valence-corrected chi connectivity index (χ3v) is 6.15. The van der Waals surface area contributed by atoms with Gasteiger partial charge in [0.15, 0.2) is 11.5 Å². The van der Waals surface area contributed by atoms with E-state index in [0.717, 1.165) is 13.0 Å². The maximum atomic E-state index is 13.3. The molecular weight excluding hydrogens is 476 g/mol. The lowest BCUT2D eigenvalue weighted by molar-refractivity contribution is -0.139. The van der Waals surface area contributed by atoms with E-state index in [2.05, 4.69) is 0 Å². The summed E-state index contributed by atoms with van der Waals surface area (Å²) < 4.78 is 22.1. The van der Waals surface area contributed by atoms with Gasteiger partial charge >= 0.3 is 0 Å². The highest BCUT2D eigenvalue weighted by molar-refractivity contribution is 6.46. The van der Waals surface area contributed by atoms with Crippen molar-refractivity contribution in [2.45, 2.75) is 25.8 Å². The van der Waals surface area contributed by atoms with E-state index in [9.17, 15) is 14.7 Å². The Morgan fingerprint density at radius 2 is 1.62 bits per heavy atom. The maximum absolute atomic E-state index is 13.3. The Hall–Kier alpha value is -3.72. The van der Waals surface area contributed by atoms with Gasteiger partial charge in [-0.05, 0) is 75.4 Å². The first-order valence-corrected chi connectivity index (χ1v) is 12.2. The van der Waals surface area contributed by atoms with Gasteiger partial charge in [-0.2, -0.15) is 0 Å². The molecule has 9 nitrogen and oxygen atoms in total. The van der Waals surface area contributed by atoms with Crippen molar-refractivity contribution in [3.63, 3.8) is 0 Å². The van der Waals surface area contributed by atoms with Crippen LogP contribution in [0.3, 0.4) is 0 Å². The van der Waals surface area contributed by atoms with Crippen LogP contribution in [0.2, 0.25) is 0 Å². The normalized spacial score (nSPS) is 16.8. The highest BCUT2D eigenvalue weighted by Crippen LogP contribution is 2.45. The molecule has 1 heterocycles. The Morgan fingerprint density at radius 1 is 1.00 bits per heavy atom. The van der Waals surface area contributed by atoms with E-state index < -0.39 is 17.7 Å². The van der Waals surface area contributed by atoms with E-state index in [1.54, 1.807) is 36.4 Å². The lowest BCUT2D eigenvalue weighted by atomic mass is 9.94. The van der Waals surface area contributed by atoms with Crippen molar-refractivity contribution in [3.8, 4) is 23.0 Å². The summed E-state index contributed by atoms with van der Waals surface area (Å²) in [5.74, 6) is 0.148. The van der Waals surface area contributed by atoms with Crippen molar-refractivity contribution < 1.29 is 33.6 Å². The van der Waals surface area contributed by atoms with Crippen LogP contribution in [0.1, 0.15) is 36.9 Å². The fourth-order valence-corrected chi connectivity index (χ4v) is 4.36. The van der Waals surface area contributed by atoms with E-state index in [0.29, 0.717) is 53.7 Å².